The summed E-state index contributed by atoms with van der Waals surface area (Å²) in [6, 6.07) is 3.90. The second kappa shape index (κ2) is 5.18. The number of aryl methyl sites for hydroxylation is 2. The van der Waals surface area contributed by atoms with Gasteiger partial charge in [0.05, 0.1) is 12.6 Å². The highest BCUT2D eigenvalue weighted by atomic mass is 16.5. The standard InChI is InChI=1S/C13H17N3O2/c1-9-5-4-8-16-10(6-3-7-14)15-11(12(9)16)13(17)18-2/h4-5,8H,3,6-7,14H2,1-2H3. The number of esters is 1. The van der Waals surface area contributed by atoms with Gasteiger partial charge in [-0.3, -0.25) is 0 Å². The number of aromatic nitrogens is 2. The van der Waals surface area contributed by atoms with Gasteiger partial charge < -0.3 is 14.9 Å². The number of nitrogens with zero attached hydrogens (tertiary/aromatic N) is 2. The maximum absolute atomic E-state index is 11.7. The normalized spacial score (nSPS) is 10.8. The molecule has 0 aliphatic carbocycles. The summed E-state index contributed by atoms with van der Waals surface area (Å²) in [6.45, 7) is 2.56. The van der Waals surface area contributed by atoms with Gasteiger partial charge >= 0.3 is 5.97 Å². The Labute approximate surface area is 106 Å². The number of rotatable bonds is 4. The van der Waals surface area contributed by atoms with Crippen LogP contribution in [0.2, 0.25) is 0 Å². The molecule has 0 amide bonds. The number of pyridine rings is 1. The van der Waals surface area contributed by atoms with Gasteiger partial charge in [0, 0.05) is 12.6 Å². The third-order valence-corrected chi connectivity index (χ3v) is 2.92. The summed E-state index contributed by atoms with van der Waals surface area (Å²) >= 11 is 0. The fraction of sp³-hybridized carbons (Fsp3) is 0.385. The highest BCUT2D eigenvalue weighted by Gasteiger charge is 2.18. The predicted octanol–water partition coefficient (Wildman–Crippen LogP) is 1.32. The predicted molar refractivity (Wildman–Crippen MR) is 68.6 cm³/mol. The van der Waals surface area contributed by atoms with Crippen molar-refractivity contribution in [3.05, 3.63) is 35.4 Å². The van der Waals surface area contributed by atoms with Gasteiger partial charge in [0.25, 0.3) is 0 Å². The Hall–Kier alpha value is -1.88. The Bertz CT molecular complexity index is 575. The lowest BCUT2D eigenvalue weighted by Crippen LogP contribution is -2.04. The van der Waals surface area contributed by atoms with Gasteiger partial charge in [0.2, 0.25) is 0 Å². The van der Waals surface area contributed by atoms with Crippen LogP contribution in [-0.2, 0) is 11.2 Å². The third kappa shape index (κ3) is 2.09. The Morgan fingerprint density at radius 3 is 3.00 bits per heavy atom. The Morgan fingerprint density at radius 1 is 1.56 bits per heavy atom. The van der Waals surface area contributed by atoms with Gasteiger partial charge in [-0.05, 0) is 31.5 Å². The lowest BCUT2D eigenvalue weighted by Gasteiger charge is -2.02. The number of nitrogens with two attached hydrogens (primary N) is 1. The van der Waals surface area contributed by atoms with E-state index in [1.165, 1.54) is 7.11 Å². The summed E-state index contributed by atoms with van der Waals surface area (Å²) < 4.78 is 6.72. The molecule has 0 fully saturated rings. The van der Waals surface area contributed by atoms with Crippen molar-refractivity contribution in [1.82, 2.24) is 9.38 Å². The molecule has 0 atom stereocenters. The van der Waals surface area contributed by atoms with Crippen molar-refractivity contribution < 1.29 is 9.53 Å². The lowest BCUT2D eigenvalue weighted by molar-refractivity contribution is 0.0596. The largest absolute Gasteiger partial charge is 0.464 e. The van der Waals surface area contributed by atoms with Crippen molar-refractivity contribution in [3.63, 3.8) is 0 Å². The van der Waals surface area contributed by atoms with Crippen LogP contribution in [0.3, 0.4) is 0 Å². The lowest BCUT2D eigenvalue weighted by atomic mass is 10.2. The summed E-state index contributed by atoms with van der Waals surface area (Å²) in [4.78, 5) is 16.1. The molecule has 5 nitrogen and oxygen atoms in total. The Kier molecular flexibility index (Phi) is 3.62. The average molecular weight is 247 g/mol. The van der Waals surface area contributed by atoms with Gasteiger partial charge in [0.1, 0.15) is 5.82 Å². The number of imidazole rings is 1. The number of hydrogen-bond donors (Lipinski definition) is 1. The molecule has 0 aromatic carbocycles. The van der Waals surface area contributed by atoms with Crippen LogP contribution in [0.1, 0.15) is 28.3 Å². The van der Waals surface area contributed by atoms with Crippen LogP contribution in [0, 0.1) is 6.92 Å². The molecule has 0 saturated carbocycles. The smallest absolute Gasteiger partial charge is 0.358 e. The van der Waals surface area contributed by atoms with Crippen molar-refractivity contribution >= 4 is 11.5 Å². The zero-order valence-electron chi connectivity index (χ0n) is 10.6. The van der Waals surface area contributed by atoms with Gasteiger partial charge in [-0.1, -0.05) is 6.07 Å². The van der Waals surface area contributed by atoms with Crippen LogP contribution in [0.5, 0.6) is 0 Å². The van der Waals surface area contributed by atoms with Crippen LogP contribution >= 0.6 is 0 Å². The van der Waals surface area contributed by atoms with E-state index in [4.69, 9.17) is 10.5 Å². The van der Waals surface area contributed by atoms with E-state index in [2.05, 4.69) is 4.98 Å². The van der Waals surface area contributed by atoms with Gasteiger partial charge in [-0.15, -0.1) is 0 Å². The molecule has 0 spiro atoms. The second-order valence-electron chi connectivity index (χ2n) is 4.17. The van der Waals surface area contributed by atoms with Gasteiger partial charge in [-0.25, -0.2) is 9.78 Å². The molecular weight excluding hydrogens is 230 g/mol. The summed E-state index contributed by atoms with van der Waals surface area (Å²) in [6.07, 6.45) is 3.50. The summed E-state index contributed by atoms with van der Waals surface area (Å²) in [5.41, 5.74) is 7.71. The SMILES string of the molecule is COC(=O)c1nc(CCCN)n2cccc(C)c12. The fourth-order valence-electron chi connectivity index (χ4n) is 2.04. The van der Waals surface area contributed by atoms with E-state index in [1.54, 1.807) is 0 Å². The first-order valence-electron chi connectivity index (χ1n) is 5.94. The van der Waals surface area contributed by atoms with Crippen molar-refractivity contribution in [3.8, 4) is 0 Å². The number of methoxy groups -OCH3 is 1. The highest BCUT2D eigenvalue weighted by molar-refractivity contribution is 5.96. The minimum Gasteiger partial charge on any atom is -0.464 e. The van der Waals surface area contributed by atoms with E-state index in [9.17, 15) is 4.79 Å². The molecule has 2 rings (SSSR count). The maximum Gasteiger partial charge on any atom is 0.358 e. The van der Waals surface area contributed by atoms with Gasteiger partial charge in [-0.2, -0.15) is 0 Å². The molecule has 96 valence electrons. The summed E-state index contributed by atoms with van der Waals surface area (Å²) in [5, 5.41) is 0. The summed E-state index contributed by atoms with van der Waals surface area (Å²) in [7, 11) is 1.37. The van der Waals surface area contributed by atoms with E-state index in [0.717, 1.165) is 29.7 Å². The number of fused-ring (bicyclic) bond motifs is 1. The third-order valence-electron chi connectivity index (χ3n) is 2.92. The molecule has 0 saturated heterocycles. The second-order valence-corrected chi connectivity index (χ2v) is 4.17. The maximum atomic E-state index is 11.7. The van der Waals surface area contributed by atoms with E-state index in [-0.39, 0.29) is 0 Å². The number of carbonyl (C=O) groups is 1. The van der Waals surface area contributed by atoms with E-state index in [1.807, 2.05) is 29.7 Å². The van der Waals surface area contributed by atoms with Crippen molar-refractivity contribution in [1.29, 1.82) is 0 Å². The number of ether oxygens (including phenoxy) is 1. The minimum absolute atomic E-state index is 0.377. The molecule has 0 aliphatic heterocycles. The van der Waals surface area contributed by atoms with Crippen molar-refractivity contribution in [2.24, 2.45) is 5.73 Å². The van der Waals surface area contributed by atoms with Gasteiger partial charge in [0.15, 0.2) is 5.69 Å². The van der Waals surface area contributed by atoms with E-state index < -0.39 is 5.97 Å². The molecule has 0 bridgehead atoms. The molecule has 2 aromatic rings. The molecular formula is C13H17N3O2. The highest BCUT2D eigenvalue weighted by Crippen LogP contribution is 2.19. The van der Waals surface area contributed by atoms with Crippen LogP contribution in [0.25, 0.3) is 5.52 Å². The minimum atomic E-state index is -0.402. The first-order valence-corrected chi connectivity index (χ1v) is 5.94. The average Bonchev–Trinajstić information content (AvgIpc) is 2.76. The molecule has 0 aliphatic rings. The molecule has 0 radical (unpaired) electrons. The molecule has 18 heavy (non-hydrogen) atoms. The quantitative estimate of drug-likeness (QED) is 0.827. The van der Waals surface area contributed by atoms with Crippen LogP contribution in [0.4, 0.5) is 0 Å². The monoisotopic (exact) mass is 247 g/mol. The van der Waals surface area contributed by atoms with E-state index in [0.29, 0.717) is 12.2 Å². The number of hydrogen-bond acceptors (Lipinski definition) is 4. The first-order chi connectivity index (χ1) is 8.69. The fourth-order valence-corrected chi connectivity index (χ4v) is 2.04. The zero-order valence-corrected chi connectivity index (χ0v) is 10.6. The first kappa shape index (κ1) is 12.6. The van der Waals surface area contributed by atoms with Crippen LogP contribution in [-0.4, -0.2) is 29.0 Å². The Morgan fingerprint density at radius 2 is 2.33 bits per heavy atom. The topological polar surface area (TPSA) is 69.6 Å². The van der Waals surface area contributed by atoms with E-state index >= 15 is 0 Å². The molecule has 2 heterocycles. The number of carbonyl (C=O) groups excluding carboxylic acids is 1. The van der Waals surface area contributed by atoms with Crippen molar-refractivity contribution in [2.75, 3.05) is 13.7 Å². The molecule has 0 unspecified atom stereocenters. The molecule has 2 N–H and O–H groups in total. The zero-order chi connectivity index (χ0) is 13.1. The van der Waals surface area contributed by atoms with Crippen LogP contribution in [0.15, 0.2) is 18.3 Å². The van der Waals surface area contributed by atoms with Crippen molar-refractivity contribution in [2.45, 2.75) is 19.8 Å². The van der Waals surface area contributed by atoms with Crippen LogP contribution < -0.4 is 5.73 Å². The Balaban J connectivity index is 2.60. The molecule has 2 aromatic heterocycles. The summed E-state index contributed by atoms with van der Waals surface area (Å²) in [5.74, 6) is 0.445. The molecule has 5 heteroatoms.